The third-order valence-corrected chi connectivity index (χ3v) is 3.56. The zero-order valence-electron chi connectivity index (χ0n) is 11.1. The minimum atomic E-state index is -0.339. The summed E-state index contributed by atoms with van der Waals surface area (Å²) in [6.07, 6.45) is 0. The second-order valence-corrected chi connectivity index (χ2v) is 5.54. The number of hydrogen-bond donors (Lipinski definition) is 2. The van der Waals surface area contributed by atoms with Gasteiger partial charge in [0.2, 0.25) is 0 Å². The van der Waals surface area contributed by atoms with Crippen molar-refractivity contribution in [3.8, 4) is 11.5 Å². The summed E-state index contributed by atoms with van der Waals surface area (Å²) in [5.74, 6) is 0.362. The van der Waals surface area contributed by atoms with Gasteiger partial charge in [0.25, 0.3) is 5.91 Å². The van der Waals surface area contributed by atoms with Crippen LogP contribution < -0.4 is 10.1 Å². The van der Waals surface area contributed by atoms with Crippen molar-refractivity contribution in [1.82, 2.24) is 0 Å². The molecular weight excluding hydrogens is 369 g/mol. The average Bonchev–Trinajstić information content (AvgIpc) is 2.43. The summed E-state index contributed by atoms with van der Waals surface area (Å²) < 4.78 is 6.01. The number of phenols is 1. The maximum absolute atomic E-state index is 12.2. The highest BCUT2D eigenvalue weighted by molar-refractivity contribution is 14.1. The van der Waals surface area contributed by atoms with Crippen molar-refractivity contribution in [1.29, 1.82) is 0 Å². The van der Waals surface area contributed by atoms with Crippen molar-refractivity contribution in [3.05, 3.63) is 51.1 Å². The van der Waals surface area contributed by atoms with Gasteiger partial charge >= 0.3 is 0 Å². The van der Waals surface area contributed by atoms with E-state index < -0.39 is 0 Å². The topological polar surface area (TPSA) is 58.6 Å². The molecule has 2 aromatic rings. The van der Waals surface area contributed by atoms with Gasteiger partial charge in [-0.15, -0.1) is 0 Å². The highest BCUT2D eigenvalue weighted by Crippen LogP contribution is 2.24. The molecule has 0 radical (unpaired) electrons. The van der Waals surface area contributed by atoms with E-state index in [1.807, 2.05) is 13.0 Å². The average molecular weight is 383 g/mol. The lowest BCUT2D eigenvalue weighted by atomic mass is 10.1. The second-order valence-electron chi connectivity index (χ2n) is 4.30. The number of anilines is 1. The van der Waals surface area contributed by atoms with Crippen LogP contribution in [0, 0.1) is 10.5 Å². The number of benzene rings is 2. The molecule has 2 rings (SSSR count). The van der Waals surface area contributed by atoms with Gasteiger partial charge < -0.3 is 15.2 Å². The predicted molar refractivity (Wildman–Crippen MR) is 86.5 cm³/mol. The van der Waals surface area contributed by atoms with E-state index in [-0.39, 0.29) is 17.2 Å². The van der Waals surface area contributed by atoms with Crippen molar-refractivity contribution in [2.75, 3.05) is 12.4 Å². The molecule has 4 nitrogen and oxygen atoms in total. The number of hydrogen-bond acceptors (Lipinski definition) is 3. The first kappa shape index (κ1) is 14.6. The van der Waals surface area contributed by atoms with Crippen LogP contribution in [0.2, 0.25) is 0 Å². The van der Waals surface area contributed by atoms with Gasteiger partial charge in [-0.3, -0.25) is 4.79 Å². The van der Waals surface area contributed by atoms with Crippen LogP contribution in [-0.4, -0.2) is 18.1 Å². The van der Waals surface area contributed by atoms with Gasteiger partial charge in [0.05, 0.1) is 12.7 Å². The molecule has 0 spiro atoms. The number of amides is 1. The first-order chi connectivity index (χ1) is 9.51. The number of carbonyl (C=O) groups excluding carboxylic acids is 1. The highest BCUT2D eigenvalue weighted by atomic mass is 127. The third kappa shape index (κ3) is 3.22. The van der Waals surface area contributed by atoms with E-state index in [0.29, 0.717) is 5.69 Å². The van der Waals surface area contributed by atoms with Gasteiger partial charge in [-0.05, 0) is 71.5 Å². The Kier molecular flexibility index (Phi) is 4.49. The molecule has 104 valence electrons. The number of halogens is 1. The first-order valence-electron chi connectivity index (χ1n) is 5.96. The van der Waals surface area contributed by atoms with Gasteiger partial charge in [-0.25, -0.2) is 0 Å². The fourth-order valence-electron chi connectivity index (χ4n) is 1.78. The molecule has 2 aromatic carbocycles. The lowest BCUT2D eigenvalue weighted by Crippen LogP contribution is -2.13. The summed E-state index contributed by atoms with van der Waals surface area (Å²) in [6.45, 7) is 1.88. The molecule has 2 N–H and O–H groups in total. The molecule has 0 saturated carbocycles. The van der Waals surface area contributed by atoms with Gasteiger partial charge in [-0.1, -0.05) is 0 Å². The largest absolute Gasteiger partial charge is 0.507 e. The van der Waals surface area contributed by atoms with E-state index in [1.165, 1.54) is 6.07 Å². The minimum absolute atomic E-state index is 0.0333. The van der Waals surface area contributed by atoms with Crippen LogP contribution >= 0.6 is 22.6 Å². The maximum Gasteiger partial charge on any atom is 0.259 e. The number of aromatic hydroxyl groups is 1. The zero-order chi connectivity index (χ0) is 14.7. The minimum Gasteiger partial charge on any atom is -0.507 e. The monoisotopic (exact) mass is 383 g/mol. The lowest BCUT2D eigenvalue weighted by Gasteiger charge is -2.11. The fourth-order valence-corrected chi connectivity index (χ4v) is 2.27. The molecule has 0 saturated heterocycles. The second kappa shape index (κ2) is 6.13. The number of methoxy groups -OCH3 is 1. The van der Waals surface area contributed by atoms with Gasteiger partial charge in [0.15, 0.2) is 0 Å². The van der Waals surface area contributed by atoms with Gasteiger partial charge in [0, 0.05) is 9.26 Å². The van der Waals surface area contributed by atoms with Gasteiger partial charge in [-0.2, -0.15) is 0 Å². The summed E-state index contributed by atoms with van der Waals surface area (Å²) in [7, 11) is 1.59. The molecule has 0 bridgehead atoms. The summed E-state index contributed by atoms with van der Waals surface area (Å²) >= 11 is 2.09. The lowest BCUT2D eigenvalue weighted by molar-refractivity contribution is 0.102. The van der Waals surface area contributed by atoms with Crippen LogP contribution in [-0.2, 0) is 0 Å². The molecule has 1 amide bonds. The number of carbonyl (C=O) groups is 1. The number of aryl methyl sites for hydroxylation is 1. The van der Waals surface area contributed by atoms with Crippen LogP contribution in [0.5, 0.6) is 11.5 Å². The Hall–Kier alpha value is -1.76. The quantitative estimate of drug-likeness (QED) is 0.797. The Morgan fingerprint density at radius 3 is 2.65 bits per heavy atom. The van der Waals surface area contributed by atoms with E-state index in [1.54, 1.807) is 31.4 Å². The zero-order valence-corrected chi connectivity index (χ0v) is 13.3. The van der Waals surface area contributed by atoms with Crippen LogP contribution in [0.3, 0.4) is 0 Å². The first-order valence-corrected chi connectivity index (χ1v) is 7.03. The maximum atomic E-state index is 12.2. The van der Waals surface area contributed by atoms with E-state index in [4.69, 9.17) is 4.74 Å². The van der Waals surface area contributed by atoms with E-state index in [0.717, 1.165) is 14.9 Å². The van der Waals surface area contributed by atoms with E-state index >= 15 is 0 Å². The molecule has 0 fully saturated rings. The summed E-state index contributed by atoms with van der Waals surface area (Å²) in [6, 6.07) is 10.3. The van der Waals surface area contributed by atoms with Crippen molar-refractivity contribution in [3.63, 3.8) is 0 Å². The van der Waals surface area contributed by atoms with Crippen LogP contribution in [0.1, 0.15) is 15.9 Å². The Morgan fingerprint density at radius 2 is 2.00 bits per heavy atom. The van der Waals surface area contributed by atoms with Crippen molar-refractivity contribution in [2.45, 2.75) is 6.92 Å². The SMILES string of the molecule is COc1ccc(NC(=O)c2cc(I)ccc2O)c(C)c1. The summed E-state index contributed by atoms with van der Waals surface area (Å²) in [4.78, 5) is 12.2. The highest BCUT2D eigenvalue weighted by Gasteiger charge is 2.13. The number of rotatable bonds is 3. The van der Waals surface area contributed by atoms with Crippen LogP contribution in [0.4, 0.5) is 5.69 Å². The Bertz CT molecular complexity index is 656. The van der Waals surface area contributed by atoms with Gasteiger partial charge in [0.1, 0.15) is 11.5 Å². The van der Waals surface area contributed by atoms with E-state index in [9.17, 15) is 9.90 Å². The Labute approximate surface area is 130 Å². The molecule has 0 atom stereocenters. The molecular formula is C15H14INO3. The molecule has 0 aromatic heterocycles. The Morgan fingerprint density at radius 1 is 1.25 bits per heavy atom. The van der Waals surface area contributed by atoms with E-state index in [2.05, 4.69) is 27.9 Å². The molecule has 20 heavy (non-hydrogen) atoms. The van der Waals surface area contributed by atoms with Crippen LogP contribution in [0.25, 0.3) is 0 Å². The molecule has 5 heteroatoms. The molecule has 0 unspecified atom stereocenters. The predicted octanol–water partition coefficient (Wildman–Crippen LogP) is 3.57. The Balaban J connectivity index is 2.25. The number of phenolic OH excluding ortho intramolecular Hbond substituents is 1. The molecule has 0 heterocycles. The van der Waals surface area contributed by atoms with Crippen molar-refractivity contribution in [2.24, 2.45) is 0 Å². The standard InChI is InChI=1S/C15H14INO3/c1-9-7-11(20-2)4-5-13(9)17-15(19)12-8-10(16)3-6-14(12)18/h3-8,18H,1-2H3,(H,17,19). The molecule has 0 aliphatic rings. The van der Waals surface area contributed by atoms with Crippen molar-refractivity contribution >= 4 is 34.2 Å². The summed E-state index contributed by atoms with van der Waals surface area (Å²) in [5.41, 5.74) is 1.84. The molecule has 0 aliphatic heterocycles. The van der Waals surface area contributed by atoms with Crippen molar-refractivity contribution < 1.29 is 14.6 Å². The van der Waals surface area contributed by atoms with Crippen LogP contribution in [0.15, 0.2) is 36.4 Å². The number of ether oxygens (including phenoxy) is 1. The fraction of sp³-hybridized carbons (Fsp3) is 0.133. The third-order valence-electron chi connectivity index (χ3n) is 2.88. The summed E-state index contributed by atoms with van der Waals surface area (Å²) in [5, 5.41) is 12.5. The normalized spacial score (nSPS) is 10.2. The molecule has 0 aliphatic carbocycles. The number of nitrogens with one attached hydrogen (secondary N) is 1. The smallest absolute Gasteiger partial charge is 0.259 e.